The molecule has 0 unspecified atom stereocenters. The van der Waals surface area contributed by atoms with Gasteiger partial charge >= 0.3 is 0 Å². The van der Waals surface area contributed by atoms with Crippen LogP contribution in [0.25, 0.3) is 0 Å². The Bertz CT molecular complexity index is 693. The van der Waals surface area contributed by atoms with Crippen LogP contribution >= 0.6 is 0 Å². The second-order valence-electron chi connectivity index (χ2n) is 5.08. The van der Waals surface area contributed by atoms with E-state index in [4.69, 9.17) is 0 Å². The molecule has 1 heterocycles. The van der Waals surface area contributed by atoms with Crippen molar-refractivity contribution in [1.29, 1.82) is 0 Å². The second-order valence-corrected chi connectivity index (χ2v) is 6.66. The molecular weight excluding hydrogens is 278 g/mol. The number of fused-ring (bicyclic) bond motifs is 1. The first-order chi connectivity index (χ1) is 9.47. The standard InChI is InChI=1S/C13H15N3O3S/c1-16(8-12(17)14-9-6-7-9)13-10-4-2-3-5-11(10)20(18,19)15-13/h2-5,9H,6-8H2,1H3,(H,14,17). The Labute approximate surface area is 117 Å². The van der Waals surface area contributed by atoms with Crippen LogP contribution in [-0.4, -0.2) is 44.7 Å². The molecule has 1 aromatic rings. The number of hydrogen-bond donors (Lipinski definition) is 1. The van der Waals surface area contributed by atoms with E-state index >= 15 is 0 Å². The molecule has 7 heteroatoms. The molecule has 0 saturated heterocycles. The number of nitrogens with one attached hydrogen (secondary N) is 1. The number of rotatable bonds is 3. The van der Waals surface area contributed by atoms with Crippen LogP contribution < -0.4 is 5.32 Å². The zero-order chi connectivity index (χ0) is 14.3. The van der Waals surface area contributed by atoms with Crippen LogP contribution in [0.15, 0.2) is 33.6 Å². The van der Waals surface area contributed by atoms with Gasteiger partial charge in [-0.15, -0.1) is 4.40 Å². The molecule has 1 fully saturated rings. The fourth-order valence-electron chi connectivity index (χ4n) is 2.16. The third-order valence-electron chi connectivity index (χ3n) is 3.30. The smallest absolute Gasteiger partial charge is 0.285 e. The number of carbonyl (C=O) groups is 1. The van der Waals surface area contributed by atoms with Crippen LogP contribution in [0, 0.1) is 0 Å². The Hall–Kier alpha value is -1.89. The molecule has 1 aliphatic carbocycles. The monoisotopic (exact) mass is 293 g/mol. The third kappa shape index (κ3) is 2.40. The molecule has 0 aromatic heterocycles. The van der Waals surface area contributed by atoms with Gasteiger partial charge in [0.15, 0.2) is 5.84 Å². The van der Waals surface area contributed by atoms with Crippen molar-refractivity contribution < 1.29 is 13.2 Å². The molecule has 106 valence electrons. The molecule has 1 aliphatic heterocycles. The third-order valence-corrected chi connectivity index (χ3v) is 4.62. The number of likely N-dealkylation sites (N-methyl/N-ethyl adjacent to an activating group) is 1. The van der Waals surface area contributed by atoms with Crippen molar-refractivity contribution >= 4 is 21.8 Å². The highest BCUT2D eigenvalue weighted by Crippen LogP contribution is 2.26. The fraction of sp³-hybridized carbons (Fsp3) is 0.385. The summed E-state index contributed by atoms with van der Waals surface area (Å²) in [5, 5.41) is 2.87. The maximum atomic E-state index is 11.9. The Balaban J connectivity index is 1.81. The summed E-state index contributed by atoms with van der Waals surface area (Å²) in [5.74, 6) is 0.214. The molecule has 0 bridgehead atoms. The summed E-state index contributed by atoms with van der Waals surface area (Å²) >= 11 is 0. The van der Waals surface area contributed by atoms with Gasteiger partial charge in [0.2, 0.25) is 5.91 Å². The van der Waals surface area contributed by atoms with Crippen molar-refractivity contribution in [3.63, 3.8) is 0 Å². The van der Waals surface area contributed by atoms with Gasteiger partial charge in [-0.3, -0.25) is 4.79 Å². The number of benzene rings is 1. The number of carbonyl (C=O) groups excluding carboxylic acids is 1. The summed E-state index contributed by atoms with van der Waals surface area (Å²) in [6.45, 7) is 0.0964. The molecule has 1 saturated carbocycles. The van der Waals surface area contributed by atoms with Crippen molar-refractivity contribution in [2.24, 2.45) is 4.40 Å². The summed E-state index contributed by atoms with van der Waals surface area (Å²) in [4.78, 5) is 13.5. The van der Waals surface area contributed by atoms with Crippen LogP contribution in [0.1, 0.15) is 18.4 Å². The molecule has 1 aromatic carbocycles. The normalized spacial score (nSPS) is 19.1. The van der Waals surface area contributed by atoms with Gasteiger partial charge in [0.05, 0.1) is 6.54 Å². The molecule has 1 N–H and O–H groups in total. The molecular formula is C13H15N3O3S. The van der Waals surface area contributed by atoms with E-state index in [1.807, 2.05) is 0 Å². The Morgan fingerprint density at radius 1 is 1.40 bits per heavy atom. The van der Waals surface area contributed by atoms with E-state index in [0.29, 0.717) is 11.4 Å². The fourth-order valence-corrected chi connectivity index (χ4v) is 3.41. The Kier molecular flexibility index (Phi) is 3.01. The summed E-state index contributed by atoms with van der Waals surface area (Å²) in [5.41, 5.74) is 0.550. The lowest BCUT2D eigenvalue weighted by Gasteiger charge is -2.18. The second kappa shape index (κ2) is 4.59. The molecule has 0 spiro atoms. The minimum Gasteiger partial charge on any atom is -0.352 e. The van der Waals surface area contributed by atoms with E-state index in [0.717, 1.165) is 12.8 Å². The van der Waals surface area contributed by atoms with Crippen LogP contribution in [0.2, 0.25) is 0 Å². The van der Waals surface area contributed by atoms with Crippen molar-refractivity contribution in [3.8, 4) is 0 Å². The molecule has 0 atom stereocenters. The minimum atomic E-state index is -3.63. The highest BCUT2D eigenvalue weighted by molar-refractivity contribution is 7.90. The van der Waals surface area contributed by atoms with E-state index in [1.165, 1.54) is 6.07 Å². The van der Waals surface area contributed by atoms with Gasteiger partial charge in [-0.25, -0.2) is 0 Å². The molecule has 20 heavy (non-hydrogen) atoms. The van der Waals surface area contributed by atoms with Gasteiger partial charge in [0, 0.05) is 18.7 Å². The van der Waals surface area contributed by atoms with E-state index in [1.54, 1.807) is 30.1 Å². The maximum absolute atomic E-state index is 11.9. The molecule has 3 rings (SSSR count). The van der Waals surface area contributed by atoms with Gasteiger partial charge in [0.25, 0.3) is 10.0 Å². The van der Waals surface area contributed by atoms with Gasteiger partial charge < -0.3 is 10.2 Å². The first-order valence-corrected chi connectivity index (χ1v) is 7.86. The topological polar surface area (TPSA) is 78.8 Å². The van der Waals surface area contributed by atoms with Crippen molar-refractivity contribution in [2.45, 2.75) is 23.8 Å². The van der Waals surface area contributed by atoms with Crippen molar-refractivity contribution in [2.75, 3.05) is 13.6 Å². The maximum Gasteiger partial charge on any atom is 0.285 e. The zero-order valence-electron chi connectivity index (χ0n) is 11.0. The highest BCUT2D eigenvalue weighted by atomic mass is 32.2. The molecule has 2 aliphatic rings. The zero-order valence-corrected chi connectivity index (χ0v) is 11.9. The van der Waals surface area contributed by atoms with Gasteiger partial charge in [-0.05, 0) is 25.0 Å². The van der Waals surface area contributed by atoms with E-state index in [-0.39, 0.29) is 23.4 Å². The quantitative estimate of drug-likeness (QED) is 0.872. The number of amidine groups is 1. The largest absolute Gasteiger partial charge is 0.352 e. The van der Waals surface area contributed by atoms with Gasteiger partial charge in [-0.2, -0.15) is 8.42 Å². The highest BCUT2D eigenvalue weighted by Gasteiger charge is 2.31. The van der Waals surface area contributed by atoms with Crippen LogP contribution in [0.5, 0.6) is 0 Å². The van der Waals surface area contributed by atoms with Crippen molar-refractivity contribution in [3.05, 3.63) is 29.8 Å². The number of hydrogen-bond acceptors (Lipinski definition) is 4. The van der Waals surface area contributed by atoms with Crippen LogP contribution in [0.3, 0.4) is 0 Å². The molecule has 1 amide bonds. The Morgan fingerprint density at radius 2 is 2.10 bits per heavy atom. The summed E-state index contributed by atoms with van der Waals surface area (Å²) in [6.07, 6.45) is 2.04. The summed E-state index contributed by atoms with van der Waals surface area (Å²) < 4.78 is 27.6. The summed E-state index contributed by atoms with van der Waals surface area (Å²) in [7, 11) is -1.96. The van der Waals surface area contributed by atoms with E-state index < -0.39 is 10.0 Å². The first-order valence-electron chi connectivity index (χ1n) is 6.42. The summed E-state index contributed by atoms with van der Waals surface area (Å²) in [6, 6.07) is 6.94. The average Bonchev–Trinajstić information content (AvgIpc) is 3.15. The SMILES string of the molecule is CN(CC(=O)NC1CC1)C1=NS(=O)(=O)c2ccccc21. The lowest BCUT2D eigenvalue weighted by Crippen LogP contribution is -2.39. The van der Waals surface area contributed by atoms with Gasteiger partial charge in [0.1, 0.15) is 4.90 Å². The number of nitrogens with zero attached hydrogens (tertiary/aromatic N) is 2. The van der Waals surface area contributed by atoms with Crippen LogP contribution in [0.4, 0.5) is 0 Å². The average molecular weight is 293 g/mol. The lowest BCUT2D eigenvalue weighted by atomic mass is 10.2. The minimum absolute atomic E-state index is 0.0964. The first kappa shape index (κ1) is 13.1. The van der Waals surface area contributed by atoms with E-state index in [2.05, 4.69) is 9.71 Å². The predicted octanol–water partition coefficient (Wildman–Crippen LogP) is 0.346. The molecule has 0 radical (unpaired) electrons. The van der Waals surface area contributed by atoms with Gasteiger partial charge in [-0.1, -0.05) is 12.1 Å². The molecule has 6 nitrogen and oxygen atoms in total. The Morgan fingerprint density at radius 3 is 2.80 bits per heavy atom. The predicted molar refractivity (Wildman–Crippen MR) is 74.0 cm³/mol. The number of amides is 1. The van der Waals surface area contributed by atoms with E-state index in [9.17, 15) is 13.2 Å². The van der Waals surface area contributed by atoms with Crippen molar-refractivity contribution in [1.82, 2.24) is 10.2 Å². The number of sulfonamides is 1. The van der Waals surface area contributed by atoms with Crippen LogP contribution in [-0.2, 0) is 14.8 Å². The lowest BCUT2D eigenvalue weighted by molar-refractivity contribution is -0.121.